The van der Waals surface area contributed by atoms with Crippen LogP contribution in [0.5, 0.6) is 0 Å². The average Bonchev–Trinajstić information content (AvgIpc) is 2.88. The summed E-state index contributed by atoms with van der Waals surface area (Å²) in [5.41, 5.74) is -0.789. The third-order valence-corrected chi connectivity index (χ3v) is 4.65. The number of hydrogen-bond donors (Lipinski definition) is 0. The normalized spacial score (nSPS) is 43.2. The molecule has 0 bridgehead atoms. The van der Waals surface area contributed by atoms with Crippen molar-refractivity contribution >= 4 is 17.7 Å². The molecular formula is C12H14O5. The van der Waals surface area contributed by atoms with E-state index in [2.05, 4.69) is 0 Å². The summed E-state index contributed by atoms with van der Waals surface area (Å²) in [6, 6.07) is 0. The first-order chi connectivity index (χ1) is 8.09. The molecule has 3 fully saturated rings. The summed E-state index contributed by atoms with van der Waals surface area (Å²) in [4.78, 5) is 35.3. The smallest absolute Gasteiger partial charge is 0.312 e. The van der Waals surface area contributed by atoms with E-state index in [9.17, 15) is 14.4 Å². The Balaban J connectivity index is 2.03. The van der Waals surface area contributed by atoms with Gasteiger partial charge in [0.1, 0.15) is 5.78 Å². The van der Waals surface area contributed by atoms with Crippen LogP contribution in [0, 0.1) is 23.2 Å². The molecule has 2 aliphatic carbocycles. The Hall–Kier alpha value is -1.39. The Labute approximate surface area is 98.4 Å². The minimum Gasteiger partial charge on any atom is -0.469 e. The highest BCUT2D eigenvalue weighted by Gasteiger charge is 2.68. The Bertz CT molecular complexity index is 415. The zero-order valence-corrected chi connectivity index (χ0v) is 9.60. The van der Waals surface area contributed by atoms with E-state index in [0.29, 0.717) is 12.8 Å². The molecule has 0 aromatic heterocycles. The van der Waals surface area contributed by atoms with E-state index in [0.717, 1.165) is 0 Å². The molecule has 0 N–H and O–H groups in total. The van der Waals surface area contributed by atoms with Crippen molar-refractivity contribution in [1.82, 2.24) is 0 Å². The molecule has 3 aliphatic rings. The van der Waals surface area contributed by atoms with Gasteiger partial charge in [0.05, 0.1) is 25.0 Å². The Morgan fingerprint density at radius 1 is 1.47 bits per heavy atom. The number of ether oxygens (including phenoxy) is 2. The van der Waals surface area contributed by atoms with Gasteiger partial charge in [0.2, 0.25) is 0 Å². The number of methoxy groups -OCH3 is 1. The van der Waals surface area contributed by atoms with Gasteiger partial charge in [0.15, 0.2) is 0 Å². The van der Waals surface area contributed by atoms with E-state index in [1.807, 2.05) is 0 Å². The van der Waals surface area contributed by atoms with Crippen LogP contribution in [0.1, 0.15) is 19.3 Å². The molecule has 0 unspecified atom stereocenters. The van der Waals surface area contributed by atoms with Crippen molar-refractivity contribution < 1.29 is 23.9 Å². The maximum Gasteiger partial charge on any atom is 0.312 e. The van der Waals surface area contributed by atoms with Gasteiger partial charge in [-0.3, -0.25) is 14.4 Å². The molecule has 1 saturated heterocycles. The number of fused-ring (bicyclic) bond motifs is 3. The first kappa shape index (κ1) is 10.7. The summed E-state index contributed by atoms with van der Waals surface area (Å²) in [6.07, 6.45) is 1.20. The standard InChI is InChI=1S/C12H14O5/c1-16-11(15)12-4-7(13)2-6(12)3-8-9(12)5-17-10(8)14/h6,8-9H,2-5H2,1H3/t6-,8+,9+,12+/m1/s1. The van der Waals surface area contributed by atoms with Crippen molar-refractivity contribution in [2.75, 3.05) is 13.7 Å². The lowest BCUT2D eigenvalue weighted by atomic mass is 9.73. The largest absolute Gasteiger partial charge is 0.469 e. The highest BCUT2D eigenvalue weighted by Crippen LogP contribution is 2.61. The fraction of sp³-hybridized carbons (Fsp3) is 0.750. The monoisotopic (exact) mass is 238 g/mol. The lowest BCUT2D eigenvalue weighted by Crippen LogP contribution is -2.40. The van der Waals surface area contributed by atoms with Crippen LogP contribution in [0.3, 0.4) is 0 Å². The van der Waals surface area contributed by atoms with Crippen LogP contribution in [0.4, 0.5) is 0 Å². The van der Waals surface area contributed by atoms with Gasteiger partial charge in [-0.25, -0.2) is 0 Å². The van der Waals surface area contributed by atoms with E-state index in [1.165, 1.54) is 7.11 Å². The predicted octanol–water partition coefficient (Wildman–Crippen LogP) is 0.318. The molecule has 0 radical (unpaired) electrons. The Morgan fingerprint density at radius 3 is 2.94 bits per heavy atom. The SMILES string of the molecule is COC(=O)[C@@]12CC(=O)C[C@@H]1C[C@@H]1C(=O)OC[C@@H]12. The molecular weight excluding hydrogens is 224 g/mol. The number of hydrogen-bond acceptors (Lipinski definition) is 5. The van der Waals surface area contributed by atoms with Crippen molar-refractivity contribution in [3.05, 3.63) is 0 Å². The number of esters is 2. The van der Waals surface area contributed by atoms with E-state index in [1.54, 1.807) is 0 Å². The van der Waals surface area contributed by atoms with Crippen molar-refractivity contribution in [3.8, 4) is 0 Å². The molecule has 5 heteroatoms. The lowest BCUT2D eigenvalue weighted by molar-refractivity contribution is -0.158. The zero-order valence-electron chi connectivity index (χ0n) is 9.60. The van der Waals surface area contributed by atoms with Gasteiger partial charge in [-0.2, -0.15) is 0 Å². The number of rotatable bonds is 1. The fourth-order valence-corrected chi connectivity index (χ4v) is 3.94. The van der Waals surface area contributed by atoms with Crippen LogP contribution < -0.4 is 0 Å². The number of Topliss-reactive ketones (excluding diaryl/α,β-unsaturated/α-hetero) is 1. The minimum atomic E-state index is -0.789. The van der Waals surface area contributed by atoms with Gasteiger partial charge >= 0.3 is 11.9 Å². The summed E-state index contributed by atoms with van der Waals surface area (Å²) in [5, 5.41) is 0. The third-order valence-electron chi connectivity index (χ3n) is 4.65. The molecule has 0 spiro atoms. The topological polar surface area (TPSA) is 69.7 Å². The molecule has 0 aromatic rings. The first-order valence-corrected chi connectivity index (χ1v) is 5.86. The van der Waals surface area contributed by atoms with Gasteiger partial charge in [0, 0.05) is 18.8 Å². The van der Waals surface area contributed by atoms with Gasteiger partial charge in [-0.05, 0) is 12.3 Å². The van der Waals surface area contributed by atoms with E-state index >= 15 is 0 Å². The van der Waals surface area contributed by atoms with Crippen LogP contribution in [0.15, 0.2) is 0 Å². The molecule has 1 aliphatic heterocycles. The molecule has 0 amide bonds. The number of carbonyl (C=O) groups excluding carboxylic acids is 3. The number of cyclic esters (lactones) is 1. The maximum absolute atomic E-state index is 12.1. The summed E-state index contributed by atoms with van der Waals surface area (Å²) >= 11 is 0. The molecule has 17 heavy (non-hydrogen) atoms. The molecule has 1 heterocycles. The zero-order chi connectivity index (χ0) is 12.2. The quantitative estimate of drug-likeness (QED) is 0.615. The highest BCUT2D eigenvalue weighted by molar-refractivity contribution is 5.93. The summed E-state index contributed by atoms with van der Waals surface area (Å²) in [7, 11) is 1.34. The maximum atomic E-state index is 12.1. The van der Waals surface area contributed by atoms with Gasteiger partial charge in [-0.15, -0.1) is 0 Å². The van der Waals surface area contributed by atoms with Crippen molar-refractivity contribution in [2.24, 2.45) is 23.2 Å². The molecule has 0 aromatic carbocycles. The average molecular weight is 238 g/mol. The summed E-state index contributed by atoms with van der Waals surface area (Å²) in [6.45, 7) is 0.252. The van der Waals surface area contributed by atoms with Crippen molar-refractivity contribution in [3.63, 3.8) is 0 Å². The molecule has 2 saturated carbocycles. The van der Waals surface area contributed by atoms with Crippen LogP contribution in [-0.4, -0.2) is 31.4 Å². The third kappa shape index (κ3) is 1.17. The van der Waals surface area contributed by atoms with E-state index < -0.39 is 5.41 Å². The van der Waals surface area contributed by atoms with Crippen LogP contribution in [-0.2, 0) is 23.9 Å². The molecule has 3 rings (SSSR count). The van der Waals surface area contributed by atoms with Crippen molar-refractivity contribution in [2.45, 2.75) is 19.3 Å². The summed E-state index contributed by atoms with van der Waals surface area (Å²) < 4.78 is 9.90. The second-order valence-corrected chi connectivity index (χ2v) is 5.23. The van der Waals surface area contributed by atoms with Crippen LogP contribution in [0.2, 0.25) is 0 Å². The lowest BCUT2D eigenvalue weighted by Gasteiger charge is -2.29. The molecule has 92 valence electrons. The minimum absolute atomic E-state index is 0.0368. The number of carbonyl (C=O) groups is 3. The fourth-order valence-electron chi connectivity index (χ4n) is 3.94. The second-order valence-electron chi connectivity index (χ2n) is 5.23. The number of ketones is 1. The van der Waals surface area contributed by atoms with E-state index in [4.69, 9.17) is 9.47 Å². The Kier molecular flexibility index (Phi) is 2.09. The van der Waals surface area contributed by atoms with Crippen LogP contribution >= 0.6 is 0 Å². The van der Waals surface area contributed by atoms with Gasteiger partial charge in [0.25, 0.3) is 0 Å². The first-order valence-electron chi connectivity index (χ1n) is 5.86. The van der Waals surface area contributed by atoms with Gasteiger partial charge in [-0.1, -0.05) is 0 Å². The molecule has 5 nitrogen and oxygen atoms in total. The second kappa shape index (κ2) is 3.31. The highest BCUT2D eigenvalue weighted by atomic mass is 16.5. The Morgan fingerprint density at radius 2 is 2.24 bits per heavy atom. The van der Waals surface area contributed by atoms with Crippen molar-refractivity contribution in [1.29, 1.82) is 0 Å². The summed E-state index contributed by atoms with van der Waals surface area (Å²) in [5.74, 6) is -0.895. The van der Waals surface area contributed by atoms with Gasteiger partial charge < -0.3 is 9.47 Å². The van der Waals surface area contributed by atoms with E-state index in [-0.39, 0.29) is 48.5 Å². The molecule has 4 atom stereocenters. The predicted molar refractivity (Wildman–Crippen MR) is 54.7 cm³/mol. The van der Waals surface area contributed by atoms with Crippen LogP contribution in [0.25, 0.3) is 0 Å².